The predicted molar refractivity (Wildman–Crippen MR) is 54.6 cm³/mol. The molecule has 1 aliphatic heterocycles. The number of aromatic nitrogens is 1. The number of pyridine rings is 1. The topological polar surface area (TPSA) is 62.4 Å². The van der Waals surface area contributed by atoms with Crippen molar-refractivity contribution in [1.29, 1.82) is 0 Å². The first-order valence-electron chi connectivity index (χ1n) is 4.84. The second-order valence-corrected chi connectivity index (χ2v) is 3.75. The molecule has 3 N–H and O–H groups in total. The van der Waals surface area contributed by atoms with Crippen LogP contribution in [0.3, 0.4) is 0 Å². The molecule has 2 heterocycles. The molecule has 0 aliphatic carbocycles. The molecule has 1 aromatic rings. The zero-order valence-electron chi connectivity index (χ0n) is 8.06. The summed E-state index contributed by atoms with van der Waals surface area (Å²) in [7, 11) is 0. The number of nitrogens with two attached hydrogens (primary N) is 1. The average molecular weight is 193 g/mol. The van der Waals surface area contributed by atoms with Crippen molar-refractivity contribution in [3.63, 3.8) is 0 Å². The van der Waals surface area contributed by atoms with Gasteiger partial charge in [0.2, 0.25) is 0 Å². The molecule has 2 rings (SSSR count). The summed E-state index contributed by atoms with van der Waals surface area (Å²) in [4.78, 5) is 6.15. The SMILES string of the molecule is Nc1cnccc1CN1CCC(O)C1. The Hall–Kier alpha value is -1.13. The van der Waals surface area contributed by atoms with E-state index in [1.165, 1.54) is 0 Å². The highest BCUT2D eigenvalue weighted by Gasteiger charge is 2.20. The minimum Gasteiger partial charge on any atom is -0.397 e. The lowest BCUT2D eigenvalue weighted by molar-refractivity contribution is 0.175. The van der Waals surface area contributed by atoms with Crippen molar-refractivity contribution in [2.24, 2.45) is 0 Å². The zero-order valence-corrected chi connectivity index (χ0v) is 8.06. The number of β-amino-alcohol motifs (C(OH)–C–C–N with tert-alkyl or cyclic N) is 1. The van der Waals surface area contributed by atoms with E-state index in [4.69, 9.17) is 5.73 Å². The van der Waals surface area contributed by atoms with Gasteiger partial charge >= 0.3 is 0 Å². The molecular weight excluding hydrogens is 178 g/mol. The summed E-state index contributed by atoms with van der Waals surface area (Å²) >= 11 is 0. The van der Waals surface area contributed by atoms with Crippen molar-refractivity contribution in [3.8, 4) is 0 Å². The van der Waals surface area contributed by atoms with Gasteiger partial charge in [-0.15, -0.1) is 0 Å². The van der Waals surface area contributed by atoms with Crippen LogP contribution in [0.4, 0.5) is 5.69 Å². The first-order chi connectivity index (χ1) is 6.75. The van der Waals surface area contributed by atoms with Gasteiger partial charge < -0.3 is 10.8 Å². The summed E-state index contributed by atoms with van der Waals surface area (Å²) in [5, 5.41) is 9.36. The van der Waals surface area contributed by atoms with Gasteiger partial charge in [-0.25, -0.2) is 0 Å². The van der Waals surface area contributed by atoms with E-state index >= 15 is 0 Å². The molecule has 0 radical (unpaired) electrons. The molecule has 0 amide bonds. The van der Waals surface area contributed by atoms with Crippen molar-refractivity contribution < 1.29 is 5.11 Å². The van der Waals surface area contributed by atoms with E-state index < -0.39 is 0 Å². The Bertz CT molecular complexity index is 316. The minimum absolute atomic E-state index is 0.168. The van der Waals surface area contributed by atoms with E-state index in [0.717, 1.165) is 37.3 Å². The molecule has 0 aromatic carbocycles. The number of aliphatic hydroxyl groups is 1. The molecule has 1 unspecified atom stereocenters. The maximum absolute atomic E-state index is 9.36. The number of rotatable bonds is 2. The van der Waals surface area contributed by atoms with E-state index in [2.05, 4.69) is 9.88 Å². The largest absolute Gasteiger partial charge is 0.397 e. The maximum Gasteiger partial charge on any atom is 0.0679 e. The fraction of sp³-hybridized carbons (Fsp3) is 0.500. The van der Waals surface area contributed by atoms with Crippen LogP contribution in [0.1, 0.15) is 12.0 Å². The summed E-state index contributed by atoms with van der Waals surface area (Å²) in [5.41, 5.74) is 7.60. The monoisotopic (exact) mass is 193 g/mol. The number of hydrogen-bond acceptors (Lipinski definition) is 4. The number of nitrogens with zero attached hydrogens (tertiary/aromatic N) is 2. The van der Waals surface area contributed by atoms with Gasteiger partial charge in [0.1, 0.15) is 0 Å². The summed E-state index contributed by atoms with van der Waals surface area (Å²) in [6.07, 6.45) is 4.11. The van der Waals surface area contributed by atoms with Crippen LogP contribution < -0.4 is 5.73 Å². The van der Waals surface area contributed by atoms with Crippen LogP contribution in [-0.2, 0) is 6.54 Å². The van der Waals surface area contributed by atoms with Gasteiger partial charge in [-0.3, -0.25) is 9.88 Å². The first kappa shape index (κ1) is 9.43. The summed E-state index contributed by atoms with van der Waals surface area (Å²) in [6, 6.07) is 1.93. The van der Waals surface area contributed by atoms with Crippen LogP contribution in [0, 0.1) is 0 Å². The number of hydrogen-bond donors (Lipinski definition) is 2. The van der Waals surface area contributed by atoms with Crippen LogP contribution in [0.2, 0.25) is 0 Å². The van der Waals surface area contributed by atoms with Crippen LogP contribution in [-0.4, -0.2) is 34.2 Å². The molecule has 0 bridgehead atoms. The Morgan fingerprint density at radius 1 is 1.64 bits per heavy atom. The van der Waals surface area contributed by atoms with Gasteiger partial charge in [-0.1, -0.05) is 0 Å². The third-order valence-electron chi connectivity index (χ3n) is 2.59. The highest BCUT2D eigenvalue weighted by Crippen LogP contribution is 2.16. The standard InChI is InChI=1S/C10H15N3O/c11-10-5-12-3-1-8(10)6-13-4-2-9(14)7-13/h1,3,5,9,14H,2,4,6-7,11H2. The Morgan fingerprint density at radius 3 is 3.14 bits per heavy atom. The Morgan fingerprint density at radius 2 is 2.50 bits per heavy atom. The third-order valence-corrected chi connectivity index (χ3v) is 2.59. The van der Waals surface area contributed by atoms with Gasteiger partial charge in [-0.2, -0.15) is 0 Å². The van der Waals surface area contributed by atoms with E-state index in [1.54, 1.807) is 12.4 Å². The number of aliphatic hydroxyl groups excluding tert-OH is 1. The van der Waals surface area contributed by atoms with Crippen LogP contribution >= 0.6 is 0 Å². The molecule has 1 aliphatic rings. The summed E-state index contributed by atoms with van der Waals surface area (Å²) in [6.45, 7) is 2.51. The molecular formula is C10H15N3O. The van der Waals surface area contributed by atoms with E-state index in [-0.39, 0.29) is 6.10 Å². The van der Waals surface area contributed by atoms with Crippen molar-refractivity contribution >= 4 is 5.69 Å². The number of anilines is 1. The summed E-state index contributed by atoms with van der Waals surface area (Å²) in [5.74, 6) is 0. The molecule has 1 fully saturated rings. The van der Waals surface area contributed by atoms with Crippen molar-refractivity contribution in [1.82, 2.24) is 9.88 Å². The molecule has 1 atom stereocenters. The van der Waals surface area contributed by atoms with Gasteiger partial charge in [-0.05, 0) is 18.1 Å². The molecule has 76 valence electrons. The maximum atomic E-state index is 9.36. The molecule has 4 nitrogen and oxygen atoms in total. The Labute approximate surface area is 83.4 Å². The molecule has 0 spiro atoms. The Kier molecular flexibility index (Phi) is 2.65. The number of nitrogen functional groups attached to an aromatic ring is 1. The first-order valence-corrected chi connectivity index (χ1v) is 4.84. The predicted octanol–water partition coefficient (Wildman–Crippen LogP) is 0.230. The minimum atomic E-state index is -0.168. The second-order valence-electron chi connectivity index (χ2n) is 3.75. The molecule has 14 heavy (non-hydrogen) atoms. The highest BCUT2D eigenvalue weighted by atomic mass is 16.3. The van der Waals surface area contributed by atoms with Gasteiger partial charge in [0.15, 0.2) is 0 Å². The van der Waals surface area contributed by atoms with Gasteiger partial charge in [0.25, 0.3) is 0 Å². The highest BCUT2D eigenvalue weighted by molar-refractivity contribution is 5.43. The van der Waals surface area contributed by atoms with Crippen LogP contribution in [0.15, 0.2) is 18.5 Å². The van der Waals surface area contributed by atoms with Gasteiger partial charge in [0, 0.05) is 25.8 Å². The van der Waals surface area contributed by atoms with E-state index in [9.17, 15) is 5.11 Å². The lowest BCUT2D eigenvalue weighted by atomic mass is 10.2. The van der Waals surface area contributed by atoms with Crippen LogP contribution in [0.25, 0.3) is 0 Å². The summed E-state index contributed by atoms with van der Waals surface area (Å²) < 4.78 is 0. The number of likely N-dealkylation sites (tertiary alicyclic amines) is 1. The van der Waals surface area contributed by atoms with Crippen molar-refractivity contribution in [2.75, 3.05) is 18.8 Å². The lowest BCUT2D eigenvalue weighted by Crippen LogP contribution is -2.22. The van der Waals surface area contributed by atoms with Crippen LogP contribution in [0.5, 0.6) is 0 Å². The fourth-order valence-electron chi connectivity index (χ4n) is 1.78. The molecule has 1 aromatic heterocycles. The van der Waals surface area contributed by atoms with Crippen molar-refractivity contribution in [2.45, 2.75) is 19.1 Å². The smallest absolute Gasteiger partial charge is 0.0679 e. The molecule has 0 saturated carbocycles. The average Bonchev–Trinajstić information content (AvgIpc) is 2.56. The normalized spacial score (nSPS) is 22.8. The molecule has 1 saturated heterocycles. The van der Waals surface area contributed by atoms with Crippen molar-refractivity contribution in [3.05, 3.63) is 24.0 Å². The zero-order chi connectivity index (χ0) is 9.97. The van der Waals surface area contributed by atoms with E-state index in [0.29, 0.717) is 0 Å². The quantitative estimate of drug-likeness (QED) is 0.706. The van der Waals surface area contributed by atoms with E-state index in [1.807, 2.05) is 6.07 Å². The fourth-order valence-corrected chi connectivity index (χ4v) is 1.78. The Balaban J connectivity index is 2.01. The third kappa shape index (κ3) is 2.02. The second kappa shape index (κ2) is 3.94. The van der Waals surface area contributed by atoms with Gasteiger partial charge in [0.05, 0.1) is 18.0 Å². The lowest BCUT2D eigenvalue weighted by Gasteiger charge is -2.15. The molecule has 4 heteroatoms.